The molecule has 94 valence electrons. The first-order chi connectivity index (χ1) is 8.23. The molecule has 0 N–H and O–H groups in total. The van der Waals surface area contributed by atoms with Gasteiger partial charge in [0.1, 0.15) is 11.9 Å². The van der Waals surface area contributed by atoms with Crippen molar-refractivity contribution in [3.63, 3.8) is 0 Å². The van der Waals surface area contributed by atoms with E-state index in [9.17, 15) is 9.59 Å². The minimum absolute atomic E-state index is 0.0980. The molecule has 0 aromatic heterocycles. The lowest BCUT2D eigenvalue weighted by molar-refractivity contribution is -0.128. The zero-order chi connectivity index (χ0) is 13.7. The van der Waals surface area contributed by atoms with Crippen molar-refractivity contribution >= 4 is 11.6 Å². The van der Waals surface area contributed by atoms with Gasteiger partial charge in [-0.05, 0) is 38.3 Å². The Balaban J connectivity index is 2.75. The average molecular weight is 243 g/mol. The number of allylic oxidation sites excluding steroid dienone is 4. The van der Waals surface area contributed by atoms with Crippen LogP contribution in [0.4, 0.5) is 0 Å². The van der Waals surface area contributed by atoms with Crippen molar-refractivity contribution < 1.29 is 9.59 Å². The van der Waals surface area contributed by atoms with E-state index in [1.807, 2.05) is 26.0 Å². The summed E-state index contributed by atoms with van der Waals surface area (Å²) in [5.41, 5.74) is -0.584. The Hall–Kier alpha value is -1.69. The smallest absolute Gasteiger partial charge is 0.182 e. The Labute approximate surface area is 107 Å². The lowest BCUT2D eigenvalue weighted by atomic mass is 9.56. The summed E-state index contributed by atoms with van der Waals surface area (Å²) < 4.78 is 0. The van der Waals surface area contributed by atoms with E-state index in [1.54, 1.807) is 19.9 Å². The molecule has 0 heterocycles. The fraction of sp³-hybridized carbons (Fsp3) is 0.533. The van der Waals surface area contributed by atoms with Crippen molar-refractivity contribution in [3.05, 3.63) is 23.3 Å². The quantitative estimate of drug-likeness (QED) is 0.614. The third-order valence-electron chi connectivity index (χ3n) is 4.14. The van der Waals surface area contributed by atoms with Crippen molar-refractivity contribution in [2.75, 3.05) is 0 Å². The summed E-state index contributed by atoms with van der Waals surface area (Å²) in [6.07, 6.45) is 4.06. The molecule has 0 saturated carbocycles. The molecule has 0 aliphatic heterocycles. The summed E-state index contributed by atoms with van der Waals surface area (Å²) in [5.74, 6) is 0.0705. The number of nitrogens with zero attached hydrogens (tertiary/aromatic N) is 1. The van der Waals surface area contributed by atoms with Crippen molar-refractivity contribution in [1.82, 2.24) is 0 Å². The summed E-state index contributed by atoms with van der Waals surface area (Å²) in [7, 11) is 0. The second-order valence-corrected chi connectivity index (χ2v) is 6.01. The summed E-state index contributed by atoms with van der Waals surface area (Å²) >= 11 is 0. The Morgan fingerprint density at radius 1 is 1.33 bits per heavy atom. The van der Waals surface area contributed by atoms with Crippen LogP contribution in [0.5, 0.6) is 0 Å². The van der Waals surface area contributed by atoms with Crippen molar-refractivity contribution in [2.24, 2.45) is 16.7 Å². The molecule has 3 heteroatoms. The molecule has 0 aromatic carbocycles. The van der Waals surface area contributed by atoms with Crippen LogP contribution in [0.15, 0.2) is 23.3 Å². The predicted octanol–water partition coefficient (Wildman–Crippen LogP) is 2.59. The second-order valence-electron chi connectivity index (χ2n) is 6.01. The van der Waals surface area contributed by atoms with E-state index in [4.69, 9.17) is 5.26 Å². The fourth-order valence-corrected chi connectivity index (χ4v) is 3.08. The molecule has 2 aliphatic rings. The molecule has 0 spiro atoms. The minimum Gasteiger partial charge on any atom is -0.298 e. The molecule has 0 radical (unpaired) electrons. The fourth-order valence-electron chi connectivity index (χ4n) is 3.08. The molecule has 18 heavy (non-hydrogen) atoms. The van der Waals surface area contributed by atoms with Gasteiger partial charge in [0, 0.05) is 6.42 Å². The zero-order valence-corrected chi connectivity index (χ0v) is 11.2. The highest BCUT2D eigenvalue weighted by Crippen LogP contribution is 2.51. The third kappa shape index (κ3) is 1.49. The van der Waals surface area contributed by atoms with Gasteiger partial charge in [-0.25, -0.2) is 0 Å². The van der Waals surface area contributed by atoms with Crippen LogP contribution in [-0.2, 0) is 9.59 Å². The lowest BCUT2D eigenvalue weighted by Crippen LogP contribution is -2.46. The molecule has 0 aromatic rings. The number of ketones is 2. The standard InChI is InChI=1S/C15H17NO2/c1-9-5-11-14(2,3)13(18)10(8-16)7-15(11,4)12(17)6-9/h5,7,9H,6H2,1-4H3/t9-,15+/m1/s1. The minimum atomic E-state index is -0.783. The van der Waals surface area contributed by atoms with Gasteiger partial charge in [0.25, 0.3) is 0 Å². The van der Waals surface area contributed by atoms with Gasteiger partial charge < -0.3 is 0 Å². The maximum Gasteiger partial charge on any atom is 0.182 e. The summed E-state index contributed by atoms with van der Waals surface area (Å²) in [6, 6.07) is 1.93. The van der Waals surface area contributed by atoms with Crippen LogP contribution in [0, 0.1) is 28.1 Å². The Kier molecular flexibility index (Phi) is 2.59. The SMILES string of the molecule is C[C@@H]1C=C2C(C)(C)C(=O)C(C#N)=C[C@]2(C)C(=O)C1. The van der Waals surface area contributed by atoms with Gasteiger partial charge in [0.15, 0.2) is 5.78 Å². The molecule has 0 bridgehead atoms. The van der Waals surface area contributed by atoms with E-state index < -0.39 is 10.8 Å². The van der Waals surface area contributed by atoms with Crippen molar-refractivity contribution in [1.29, 1.82) is 5.26 Å². The van der Waals surface area contributed by atoms with Crippen molar-refractivity contribution in [3.8, 4) is 6.07 Å². The van der Waals surface area contributed by atoms with Gasteiger partial charge in [0.05, 0.1) is 16.4 Å². The molecule has 0 fully saturated rings. The first-order valence-electron chi connectivity index (χ1n) is 6.17. The number of fused-ring (bicyclic) bond motifs is 1. The van der Waals surface area contributed by atoms with Crippen LogP contribution in [0.2, 0.25) is 0 Å². The van der Waals surface area contributed by atoms with E-state index >= 15 is 0 Å². The third-order valence-corrected chi connectivity index (χ3v) is 4.14. The predicted molar refractivity (Wildman–Crippen MR) is 67.5 cm³/mol. The van der Waals surface area contributed by atoms with Crippen molar-refractivity contribution in [2.45, 2.75) is 34.1 Å². The van der Waals surface area contributed by atoms with E-state index in [0.717, 1.165) is 5.57 Å². The highest BCUT2D eigenvalue weighted by molar-refractivity contribution is 6.09. The average Bonchev–Trinajstić information content (AvgIpc) is 2.28. The van der Waals surface area contributed by atoms with Crippen LogP contribution >= 0.6 is 0 Å². The molecule has 2 aliphatic carbocycles. The van der Waals surface area contributed by atoms with Gasteiger partial charge in [-0.2, -0.15) is 5.26 Å². The van der Waals surface area contributed by atoms with Crippen LogP contribution in [0.3, 0.4) is 0 Å². The zero-order valence-electron chi connectivity index (χ0n) is 11.2. The van der Waals surface area contributed by atoms with Gasteiger partial charge in [-0.1, -0.05) is 13.0 Å². The highest BCUT2D eigenvalue weighted by Gasteiger charge is 2.51. The maximum atomic E-state index is 12.3. The molecule has 0 saturated heterocycles. The van der Waals surface area contributed by atoms with Crippen LogP contribution in [0.25, 0.3) is 0 Å². The lowest BCUT2D eigenvalue weighted by Gasteiger charge is -2.44. The van der Waals surface area contributed by atoms with Gasteiger partial charge in [-0.15, -0.1) is 0 Å². The maximum absolute atomic E-state index is 12.3. The van der Waals surface area contributed by atoms with Crippen LogP contribution < -0.4 is 0 Å². The highest BCUT2D eigenvalue weighted by atomic mass is 16.1. The number of rotatable bonds is 0. The van der Waals surface area contributed by atoms with E-state index in [2.05, 4.69) is 0 Å². The number of carbonyl (C=O) groups excluding carboxylic acids is 2. The normalized spacial score (nSPS) is 34.3. The number of hydrogen-bond donors (Lipinski definition) is 0. The van der Waals surface area contributed by atoms with Gasteiger partial charge in [-0.3, -0.25) is 9.59 Å². The molecule has 2 atom stereocenters. The molecular weight excluding hydrogens is 226 g/mol. The molecule has 2 rings (SSSR count). The van der Waals surface area contributed by atoms with Crippen LogP contribution in [-0.4, -0.2) is 11.6 Å². The van der Waals surface area contributed by atoms with Gasteiger partial charge in [0.2, 0.25) is 0 Å². The number of hydrogen-bond acceptors (Lipinski definition) is 3. The summed E-state index contributed by atoms with van der Waals surface area (Å²) in [5, 5.41) is 9.07. The molecule has 3 nitrogen and oxygen atoms in total. The van der Waals surface area contributed by atoms with Crippen LogP contribution in [0.1, 0.15) is 34.1 Å². The number of nitriles is 1. The molecule has 0 amide bonds. The molecular formula is C15H17NO2. The molecule has 0 unspecified atom stereocenters. The van der Waals surface area contributed by atoms with E-state index in [-0.39, 0.29) is 23.1 Å². The number of carbonyl (C=O) groups is 2. The van der Waals surface area contributed by atoms with Gasteiger partial charge >= 0.3 is 0 Å². The monoisotopic (exact) mass is 243 g/mol. The summed E-state index contributed by atoms with van der Waals surface area (Å²) in [4.78, 5) is 24.6. The van der Waals surface area contributed by atoms with E-state index in [1.165, 1.54) is 0 Å². The first kappa shape index (κ1) is 12.8. The Morgan fingerprint density at radius 3 is 2.50 bits per heavy atom. The topological polar surface area (TPSA) is 57.9 Å². The summed E-state index contributed by atoms with van der Waals surface area (Å²) in [6.45, 7) is 7.40. The van der Waals surface area contributed by atoms with E-state index in [0.29, 0.717) is 6.42 Å². The Morgan fingerprint density at radius 2 is 1.94 bits per heavy atom. The largest absolute Gasteiger partial charge is 0.298 e. The number of Topliss-reactive ketones (excluding diaryl/α,β-unsaturated/α-hetero) is 2. The first-order valence-corrected chi connectivity index (χ1v) is 6.17. The second kappa shape index (κ2) is 3.65. The Bertz CT molecular complexity index is 545.